The van der Waals surface area contributed by atoms with Crippen LogP contribution in [0.3, 0.4) is 0 Å². The summed E-state index contributed by atoms with van der Waals surface area (Å²) in [7, 11) is 1.84. The summed E-state index contributed by atoms with van der Waals surface area (Å²) in [4.78, 5) is 55.5. The predicted octanol–water partition coefficient (Wildman–Crippen LogP) is 11.4. The summed E-state index contributed by atoms with van der Waals surface area (Å²) in [6.45, 7) is 9.48. The lowest BCUT2D eigenvalue weighted by molar-refractivity contribution is -0.131. The van der Waals surface area contributed by atoms with Crippen LogP contribution in [-0.2, 0) is 55.5 Å². The molecule has 17 heteroatoms. The number of benzene rings is 5. The van der Waals surface area contributed by atoms with Gasteiger partial charge < -0.3 is 33.5 Å². The number of ether oxygens (including phenoxy) is 3. The first kappa shape index (κ1) is 57.6. The molecule has 4 aliphatic rings. The van der Waals surface area contributed by atoms with Gasteiger partial charge in [0, 0.05) is 98.9 Å². The number of morpholine rings is 1. The number of likely N-dealkylation sites (tertiary alicyclic amines) is 1. The number of piperidine rings is 1. The first-order valence-corrected chi connectivity index (χ1v) is 29.2. The Kier molecular flexibility index (Phi) is 17.4. The maximum Gasteiger partial charge on any atom is 0.319 e. The molecule has 6 heterocycles. The maximum absolute atomic E-state index is 15.9. The van der Waals surface area contributed by atoms with E-state index in [1.165, 1.54) is 35.9 Å². The first-order chi connectivity index (χ1) is 40.7. The molecular weight excluding hydrogens is 1070 g/mol. The van der Waals surface area contributed by atoms with Crippen molar-refractivity contribution in [2.24, 2.45) is 7.05 Å². The summed E-state index contributed by atoms with van der Waals surface area (Å²) in [5, 5.41) is 10.1. The Bertz CT molecular complexity index is 3590. The van der Waals surface area contributed by atoms with Crippen molar-refractivity contribution in [1.29, 1.82) is 5.26 Å². The largest absolute Gasteiger partial charge is 0.492 e. The second kappa shape index (κ2) is 25.4. The molecule has 0 bridgehead atoms. The zero-order valence-corrected chi connectivity index (χ0v) is 48.2. The molecule has 0 saturated carbocycles. The van der Waals surface area contributed by atoms with E-state index in [4.69, 9.17) is 14.2 Å². The molecule has 5 aromatic carbocycles. The SMILES string of the molecule is Cc1c(C(=O)N(c2ccc(OCc3ccccc3)cc2)c2cc(C#N)n(C(F)F)c2C)cc(-c2cc3c(cc2C(=O)N2Cc4ccccc4C[C@H]2CN2CCCCC2)CN(C(=O)Cc2ccc(OCCN4CCO[C@H](C)C4)cc2F)CC3)n1C. The standard InChI is InChI=1S/C67H71F3N8O6/c1-44-39-74(27-29-82-44)28-30-83-57-20-17-50(61(68)36-57)34-64(79)75-26-23-49-32-59(60(33-52(49)40-75)65(80)76-41-51-16-10-9-15-48(51)31-55(76)42-73-24-11-6-12-25-73)63-37-58(45(2)72(63)4)66(81)78(62-35-54(38-71)77(46(62)3)67(69)70)53-18-21-56(22-19-53)84-43-47-13-7-5-8-14-47/h5,7-10,13-22,32-33,35-37,44,55,67H,6,11-12,23-31,34,39-43H2,1-4H3/t44-,55+/m1/s1. The number of fused-ring (bicyclic) bond motifs is 2. The van der Waals surface area contributed by atoms with Crippen LogP contribution in [0.25, 0.3) is 11.3 Å². The van der Waals surface area contributed by atoms with Gasteiger partial charge in [-0.25, -0.2) is 4.39 Å². The Morgan fingerprint density at radius 1 is 0.774 bits per heavy atom. The van der Waals surface area contributed by atoms with Crippen molar-refractivity contribution in [3.8, 4) is 28.8 Å². The molecule has 84 heavy (non-hydrogen) atoms. The number of halogens is 3. The number of alkyl halides is 2. The number of anilines is 2. The lowest BCUT2D eigenvalue weighted by atomic mass is 9.89. The molecule has 2 aromatic heterocycles. The number of hydrogen-bond acceptors (Lipinski definition) is 9. The van der Waals surface area contributed by atoms with E-state index in [9.17, 15) is 18.8 Å². The van der Waals surface area contributed by atoms with Gasteiger partial charge in [-0.3, -0.25) is 28.8 Å². The third kappa shape index (κ3) is 12.4. The minimum Gasteiger partial charge on any atom is -0.492 e. The van der Waals surface area contributed by atoms with E-state index in [1.54, 1.807) is 47.4 Å². The molecule has 11 rings (SSSR count). The van der Waals surface area contributed by atoms with Crippen molar-refractivity contribution in [3.63, 3.8) is 0 Å². The van der Waals surface area contributed by atoms with Gasteiger partial charge in [0.2, 0.25) is 5.91 Å². The van der Waals surface area contributed by atoms with Crippen LogP contribution >= 0.6 is 0 Å². The maximum atomic E-state index is 15.9. The van der Waals surface area contributed by atoms with Crippen LogP contribution in [0.15, 0.2) is 121 Å². The molecule has 2 fully saturated rings. The molecule has 2 saturated heterocycles. The minimum atomic E-state index is -3.05. The number of nitrogens with zero attached hydrogens (tertiary/aromatic N) is 8. The Labute approximate surface area is 489 Å². The van der Waals surface area contributed by atoms with Gasteiger partial charge in [0.1, 0.15) is 42.3 Å². The van der Waals surface area contributed by atoms with Gasteiger partial charge in [0.05, 0.1) is 30.4 Å². The van der Waals surface area contributed by atoms with Gasteiger partial charge in [0.15, 0.2) is 0 Å². The summed E-state index contributed by atoms with van der Waals surface area (Å²) in [6, 6.07) is 38.1. The number of carbonyl (C=O) groups is 3. The van der Waals surface area contributed by atoms with Crippen LogP contribution < -0.4 is 14.4 Å². The fourth-order valence-electron chi connectivity index (χ4n) is 12.5. The van der Waals surface area contributed by atoms with Crippen LogP contribution in [0.5, 0.6) is 11.5 Å². The average molecular weight is 1140 g/mol. The molecule has 0 spiro atoms. The third-order valence-corrected chi connectivity index (χ3v) is 17.2. The topological polar surface area (TPSA) is 129 Å². The zero-order chi connectivity index (χ0) is 58.6. The molecule has 3 amide bonds. The van der Waals surface area contributed by atoms with E-state index < -0.39 is 18.3 Å². The number of carbonyl (C=O) groups excluding carboxylic acids is 3. The van der Waals surface area contributed by atoms with Crippen LogP contribution in [0.4, 0.5) is 24.5 Å². The molecule has 4 aliphatic heterocycles. The second-order valence-corrected chi connectivity index (χ2v) is 22.7. The first-order valence-electron chi connectivity index (χ1n) is 29.2. The van der Waals surface area contributed by atoms with Crippen molar-refractivity contribution >= 4 is 29.1 Å². The molecule has 0 N–H and O–H groups in total. The van der Waals surface area contributed by atoms with Crippen molar-refractivity contribution in [3.05, 3.63) is 189 Å². The minimum absolute atomic E-state index is 0.0171. The van der Waals surface area contributed by atoms with Gasteiger partial charge in [-0.2, -0.15) is 14.0 Å². The quantitative estimate of drug-likeness (QED) is 0.0875. The fraction of sp³-hybridized carbons (Fsp3) is 0.373. The molecule has 14 nitrogen and oxygen atoms in total. The molecule has 436 valence electrons. The summed E-state index contributed by atoms with van der Waals surface area (Å²) in [5.41, 5.74) is 7.76. The molecule has 0 aliphatic carbocycles. The number of rotatable bonds is 17. The molecular formula is C67H71F3N8O6. The highest BCUT2D eigenvalue weighted by Crippen LogP contribution is 2.40. The number of nitriles is 1. The van der Waals surface area contributed by atoms with Crippen LogP contribution in [0.1, 0.15) is 104 Å². The third-order valence-electron chi connectivity index (χ3n) is 17.2. The monoisotopic (exact) mass is 1140 g/mol. The number of aromatic nitrogens is 2. The average Bonchev–Trinajstić information content (AvgIpc) is 3.72. The second-order valence-electron chi connectivity index (χ2n) is 22.7. The van der Waals surface area contributed by atoms with Crippen molar-refractivity contribution < 1.29 is 41.8 Å². The van der Waals surface area contributed by atoms with E-state index in [0.717, 1.165) is 61.3 Å². The highest BCUT2D eigenvalue weighted by molar-refractivity contribution is 6.13. The van der Waals surface area contributed by atoms with Gasteiger partial charge in [0.25, 0.3) is 11.8 Å². The van der Waals surface area contributed by atoms with Gasteiger partial charge in [-0.15, -0.1) is 0 Å². The van der Waals surface area contributed by atoms with Gasteiger partial charge in [-0.1, -0.05) is 67.1 Å². The number of amides is 3. The van der Waals surface area contributed by atoms with E-state index in [0.29, 0.717) is 103 Å². The normalized spacial score (nSPS) is 17.4. The Morgan fingerprint density at radius 3 is 2.25 bits per heavy atom. The molecule has 2 atom stereocenters. The van der Waals surface area contributed by atoms with E-state index in [1.807, 2.05) is 91.0 Å². The molecule has 0 unspecified atom stereocenters. The van der Waals surface area contributed by atoms with Crippen LogP contribution in [-0.4, -0.2) is 118 Å². The summed E-state index contributed by atoms with van der Waals surface area (Å²) < 4.78 is 65.3. The van der Waals surface area contributed by atoms with Crippen molar-refractivity contribution in [2.75, 3.05) is 63.9 Å². The zero-order valence-electron chi connectivity index (χ0n) is 48.2. The molecule has 7 aromatic rings. The smallest absolute Gasteiger partial charge is 0.319 e. The lowest BCUT2D eigenvalue weighted by Crippen LogP contribution is -2.51. The highest BCUT2D eigenvalue weighted by Gasteiger charge is 2.36. The van der Waals surface area contributed by atoms with Gasteiger partial charge in [-0.05, 0) is 148 Å². The summed E-state index contributed by atoms with van der Waals surface area (Å²) in [6.07, 6.45) is 4.49. The Morgan fingerprint density at radius 2 is 1.52 bits per heavy atom. The van der Waals surface area contributed by atoms with E-state index in [-0.39, 0.29) is 65.1 Å². The molecule has 0 radical (unpaired) electrons. The predicted molar refractivity (Wildman–Crippen MR) is 315 cm³/mol. The van der Waals surface area contributed by atoms with Crippen LogP contribution in [0.2, 0.25) is 0 Å². The lowest BCUT2D eigenvalue weighted by Gasteiger charge is -2.41. The van der Waals surface area contributed by atoms with Gasteiger partial charge >= 0.3 is 6.55 Å². The fourth-order valence-corrected chi connectivity index (χ4v) is 12.5. The van der Waals surface area contributed by atoms with Crippen molar-refractivity contribution in [1.82, 2.24) is 28.7 Å². The summed E-state index contributed by atoms with van der Waals surface area (Å²) in [5.74, 6) is -0.582. The number of hydrogen-bond donors (Lipinski definition) is 0. The Hall–Kier alpha value is -8.17. The van der Waals surface area contributed by atoms with E-state index in [2.05, 4.69) is 21.9 Å². The highest BCUT2D eigenvalue weighted by atomic mass is 19.3. The Balaban J connectivity index is 0.931. The van der Waals surface area contributed by atoms with Crippen molar-refractivity contribution in [2.45, 2.75) is 97.7 Å². The van der Waals surface area contributed by atoms with E-state index >= 15 is 14.0 Å². The van der Waals surface area contributed by atoms with Crippen LogP contribution in [0, 0.1) is 31.0 Å². The summed E-state index contributed by atoms with van der Waals surface area (Å²) >= 11 is 0.